The van der Waals surface area contributed by atoms with Crippen LogP contribution in [0.1, 0.15) is 33.4 Å². The molecule has 0 bridgehead atoms. The Morgan fingerprint density at radius 1 is 0.618 bits per heavy atom. The third kappa shape index (κ3) is 5.21. The van der Waals surface area contributed by atoms with Crippen LogP contribution >= 0.6 is 0 Å². The van der Waals surface area contributed by atoms with Crippen LogP contribution in [0.25, 0.3) is 0 Å². The molecule has 0 aromatic heterocycles. The molecule has 172 valence electrons. The summed E-state index contributed by atoms with van der Waals surface area (Å²) in [7, 11) is 0. The maximum Gasteiger partial charge on any atom is 0.519 e. The average Bonchev–Trinajstić information content (AvgIpc) is 2.81. The van der Waals surface area contributed by atoms with Crippen molar-refractivity contribution in [3.05, 3.63) is 118 Å². The number of carbonyl (C=O) groups excluding carboxylic acids is 1. The number of para-hydroxylation sites is 2. The molecule has 0 heterocycles. The van der Waals surface area contributed by atoms with Gasteiger partial charge in [-0.3, -0.25) is 0 Å². The maximum absolute atomic E-state index is 12.8. The highest BCUT2D eigenvalue weighted by Crippen LogP contribution is 2.31. The first-order valence-electron chi connectivity index (χ1n) is 11.0. The van der Waals surface area contributed by atoms with E-state index in [0.717, 1.165) is 33.4 Å². The maximum atomic E-state index is 12.8. The van der Waals surface area contributed by atoms with Crippen molar-refractivity contribution in [3.63, 3.8) is 0 Å². The molecule has 4 aromatic carbocycles. The Morgan fingerprint density at radius 3 is 1.44 bits per heavy atom. The Labute approximate surface area is 198 Å². The summed E-state index contributed by atoms with van der Waals surface area (Å²) in [6.45, 7) is 3.86. The van der Waals surface area contributed by atoms with Crippen molar-refractivity contribution >= 4 is 6.16 Å². The molecule has 0 radical (unpaired) electrons. The lowest BCUT2D eigenvalue weighted by Gasteiger charge is -2.16. The Kier molecular flexibility index (Phi) is 6.83. The quantitative estimate of drug-likeness (QED) is 0.258. The van der Waals surface area contributed by atoms with Gasteiger partial charge in [0.2, 0.25) is 0 Å². The van der Waals surface area contributed by atoms with Crippen molar-refractivity contribution in [3.8, 4) is 23.0 Å². The number of ether oxygens (including phenoxy) is 2. The van der Waals surface area contributed by atoms with Crippen LogP contribution in [-0.2, 0) is 12.8 Å². The van der Waals surface area contributed by atoms with Gasteiger partial charge in [-0.05, 0) is 60.4 Å². The summed E-state index contributed by atoms with van der Waals surface area (Å²) in [6.07, 6.45) is -0.0381. The fourth-order valence-corrected chi connectivity index (χ4v) is 3.90. The largest absolute Gasteiger partial charge is 0.519 e. The molecule has 0 amide bonds. The van der Waals surface area contributed by atoms with E-state index < -0.39 is 6.16 Å². The van der Waals surface area contributed by atoms with Crippen molar-refractivity contribution in [1.29, 1.82) is 0 Å². The van der Waals surface area contributed by atoms with Crippen LogP contribution in [0.3, 0.4) is 0 Å². The van der Waals surface area contributed by atoms with E-state index in [-0.39, 0.29) is 11.5 Å². The average molecular weight is 455 g/mol. The standard InChI is InChI=1S/C29H26O5/c1-19-9-7-15-27(23(19)17-21-11-3-5-13-25(21)30)33-29(32)34-28-16-8-10-20(2)24(28)18-22-12-4-6-14-26(22)31/h3-16,30-31H,17-18H2,1-2H3. The molecular formula is C29H26O5. The molecule has 5 heteroatoms. The van der Waals surface area contributed by atoms with E-state index in [0.29, 0.717) is 24.3 Å². The highest BCUT2D eigenvalue weighted by atomic mass is 16.7. The Hall–Kier alpha value is -4.25. The van der Waals surface area contributed by atoms with Gasteiger partial charge in [0.05, 0.1) is 0 Å². The van der Waals surface area contributed by atoms with Gasteiger partial charge in [0.25, 0.3) is 0 Å². The fraction of sp³-hybridized carbons (Fsp3) is 0.138. The second kappa shape index (κ2) is 10.1. The van der Waals surface area contributed by atoms with Gasteiger partial charge in [0, 0.05) is 24.0 Å². The third-order valence-corrected chi connectivity index (χ3v) is 5.84. The number of aromatic hydroxyl groups is 2. The minimum Gasteiger partial charge on any atom is -0.508 e. The van der Waals surface area contributed by atoms with E-state index in [1.165, 1.54) is 0 Å². The zero-order valence-corrected chi connectivity index (χ0v) is 19.1. The number of hydrogen-bond donors (Lipinski definition) is 2. The zero-order chi connectivity index (χ0) is 24.1. The van der Waals surface area contributed by atoms with Gasteiger partial charge in [-0.1, -0.05) is 60.7 Å². The Bertz CT molecular complexity index is 1220. The van der Waals surface area contributed by atoms with Crippen LogP contribution in [0.5, 0.6) is 23.0 Å². The van der Waals surface area contributed by atoms with Gasteiger partial charge in [-0.15, -0.1) is 0 Å². The van der Waals surface area contributed by atoms with Crippen LogP contribution in [0, 0.1) is 13.8 Å². The molecule has 0 fully saturated rings. The summed E-state index contributed by atoms with van der Waals surface area (Å²) in [5.74, 6) is 1.13. The van der Waals surface area contributed by atoms with Crippen molar-refractivity contribution in [2.75, 3.05) is 0 Å². The van der Waals surface area contributed by atoms with E-state index in [4.69, 9.17) is 9.47 Å². The number of aryl methyl sites for hydroxylation is 2. The molecule has 2 N–H and O–H groups in total. The topological polar surface area (TPSA) is 76.0 Å². The monoisotopic (exact) mass is 454 g/mol. The molecule has 4 rings (SSSR count). The van der Waals surface area contributed by atoms with Gasteiger partial charge in [-0.2, -0.15) is 0 Å². The molecule has 0 aliphatic carbocycles. The van der Waals surface area contributed by atoms with Crippen LogP contribution in [-0.4, -0.2) is 16.4 Å². The van der Waals surface area contributed by atoms with E-state index in [1.807, 2.05) is 62.4 Å². The van der Waals surface area contributed by atoms with Gasteiger partial charge in [0.15, 0.2) is 0 Å². The second-order valence-electron chi connectivity index (χ2n) is 8.17. The summed E-state index contributed by atoms with van der Waals surface area (Å²) < 4.78 is 11.2. The summed E-state index contributed by atoms with van der Waals surface area (Å²) in [4.78, 5) is 12.8. The lowest BCUT2D eigenvalue weighted by Crippen LogP contribution is -2.16. The molecule has 5 nitrogen and oxygen atoms in total. The molecule has 0 saturated carbocycles. The molecule has 0 aliphatic heterocycles. The van der Waals surface area contributed by atoms with Gasteiger partial charge in [0.1, 0.15) is 23.0 Å². The molecular weight excluding hydrogens is 428 g/mol. The first-order chi connectivity index (χ1) is 16.4. The summed E-state index contributed by atoms with van der Waals surface area (Å²) >= 11 is 0. The number of benzene rings is 4. The zero-order valence-electron chi connectivity index (χ0n) is 19.1. The van der Waals surface area contributed by atoms with Crippen LogP contribution in [0.2, 0.25) is 0 Å². The predicted octanol–water partition coefficient (Wildman–Crippen LogP) is 6.47. The van der Waals surface area contributed by atoms with E-state index in [1.54, 1.807) is 36.4 Å². The molecule has 0 spiro atoms. The smallest absolute Gasteiger partial charge is 0.508 e. The van der Waals surface area contributed by atoms with Crippen molar-refractivity contribution in [2.24, 2.45) is 0 Å². The van der Waals surface area contributed by atoms with Crippen molar-refractivity contribution in [2.45, 2.75) is 26.7 Å². The van der Waals surface area contributed by atoms with E-state index >= 15 is 0 Å². The highest BCUT2D eigenvalue weighted by molar-refractivity contribution is 5.69. The minimum absolute atomic E-state index is 0.188. The van der Waals surface area contributed by atoms with Crippen LogP contribution in [0.4, 0.5) is 4.79 Å². The number of rotatable bonds is 6. The SMILES string of the molecule is Cc1cccc(OC(=O)Oc2cccc(C)c2Cc2ccccc2O)c1Cc1ccccc1O. The number of phenols is 2. The molecule has 0 unspecified atom stereocenters. The van der Waals surface area contributed by atoms with Crippen molar-refractivity contribution < 1.29 is 24.5 Å². The lowest BCUT2D eigenvalue weighted by molar-refractivity contribution is 0.151. The molecule has 4 aromatic rings. The molecule has 34 heavy (non-hydrogen) atoms. The first kappa shape index (κ1) is 22.9. The fourth-order valence-electron chi connectivity index (χ4n) is 3.90. The predicted molar refractivity (Wildman–Crippen MR) is 131 cm³/mol. The third-order valence-electron chi connectivity index (χ3n) is 5.84. The molecule has 0 aliphatic rings. The lowest BCUT2D eigenvalue weighted by atomic mass is 9.99. The number of phenolic OH excluding ortho intramolecular Hbond substituents is 2. The van der Waals surface area contributed by atoms with Gasteiger partial charge in [-0.25, -0.2) is 4.79 Å². The summed E-state index contributed by atoms with van der Waals surface area (Å²) in [5.41, 5.74) is 4.92. The molecule has 0 saturated heterocycles. The van der Waals surface area contributed by atoms with Crippen molar-refractivity contribution in [1.82, 2.24) is 0 Å². The van der Waals surface area contributed by atoms with Crippen LogP contribution < -0.4 is 9.47 Å². The Morgan fingerprint density at radius 2 is 1.03 bits per heavy atom. The second-order valence-corrected chi connectivity index (χ2v) is 8.17. The van der Waals surface area contributed by atoms with Gasteiger partial charge < -0.3 is 19.7 Å². The Balaban J connectivity index is 1.56. The number of hydrogen-bond acceptors (Lipinski definition) is 5. The van der Waals surface area contributed by atoms with E-state index in [9.17, 15) is 15.0 Å². The minimum atomic E-state index is -0.853. The number of carbonyl (C=O) groups is 1. The first-order valence-corrected chi connectivity index (χ1v) is 11.0. The highest BCUT2D eigenvalue weighted by Gasteiger charge is 2.18. The normalized spacial score (nSPS) is 10.6. The summed E-state index contributed by atoms with van der Waals surface area (Å²) in [5, 5.41) is 20.4. The summed E-state index contributed by atoms with van der Waals surface area (Å²) in [6, 6.07) is 25.1. The van der Waals surface area contributed by atoms with E-state index in [2.05, 4.69) is 0 Å². The molecule has 0 atom stereocenters. The van der Waals surface area contributed by atoms with Gasteiger partial charge >= 0.3 is 6.16 Å². The van der Waals surface area contributed by atoms with Crippen LogP contribution in [0.15, 0.2) is 84.9 Å².